The maximum absolute atomic E-state index is 13.0. The molecule has 0 aromatic heterocycles. The van der Waals surface area contributed by atoms with E-state index in [2.05, 4.69) is 35.2 Å². The summed E-state index contributed by atoms with van der Waals surface area (Å²) in [5, 5.41) is 2.93. The van der Waals surface area contributed by atoms with E-state index in [1.807, 2.05) is 12.1 Å². The molecule has 3 rings (SSSR count). The third-order valence-corrected chi connectivity index (χ3v) is 5.03. The largest absolute Gasteiger partial charge is 0.478 e. The lowest BCUT2D eigenvalue weighted by molar-refractivity contribution is -0.128. The number of carbonyl (C=O) groups excluding carboxylic acids is 1. The Bertz CT molecular complexity index is 828. The van der Waals surface area contributed by atoms with Gasteiger partial charge in [-0.2, -0.15) is 0 Å². The Labute approximate surface area is 166 Å². The number of anilines is 2. The number of amides is 1. The van der Waals surface area contributed by atoms with E-state index < -0.39 is 5.60 Å². The molecule has 0 aliphatic carbocycles. The van der Waals surface area contributed by atoms with Crippen molar-refractivity contribution in [2.24, 2.45) is 0 Å². The van der Waals surface area contributed by atoms with Crippen LogP contribution >= 0.6 is 0 Å². The van der Waals surface area contributed by atoms with Crippen LogP contribution in [0.15, 0.2) is 42.5 Å². The van der Waals surface area contributed by atoms with Gasteiger partial charge in [0.05, 0.1) is 0 Å². The smallest absolute Gasteiger partial charge is 0.267 e. The van der Waals surface area contributed by atoms with Crippen LogP contribution in [0.5, 0.6) is 5.75 Å². The van der Waals surface area contributed by atoms with Gasteiger partial charge in [0.25, 0.3) is 5.91 Å². The number of nitrogens with one attached hydrogen (secondary N) is 1. The first kappa shape index (κ1) is 20.1. The summed E-state index contributed by atoms with van der Waals surface area (Å²) in [5.74, 6) is -0.155. The van der Waals surface area contributed by atoms with Crippen LogP contribution in [0.2, 0.25) is 0 Å². The van der Waals surface area contributed by atoms with E-state index in [1.54, 1.807) is 13.8 Å². The van der Waals surface area contributed by atoms with Gasteiger partial charge in [-0.15, -0.1) is 0 Å². The maximum atomic E-state index is 13.0. The second-order valence-electron chi connectivity index (χ2n) is 7.81. The van der Waals surface area contributed by atoms with Gasteiger partial charge in [0.2, 0.25) is 0 Å². The minimum Gasteiger partial charge on any atom is -0.478 e. The summed E-state index contributed by atoms with van der Waals surface area (Å²) < 4.78 is 18.8. The van der Waals surface area contributed by atoms with Crippen LogP contribution in [0, 0.1) is 12.7 Å². The highest BCUT2D eigenvalue weighted by atomic mass is 19.1. The van der Waals surface area contributed by atoms with E-state index >= 15 is 0 Å². The van der Waals surface area contributed by atoms with Crippen LogP contribution in [0.25, 0.3) is 0 Å². The van der Waals surface area contributed by atoms with Crippen molar-refractivity contribution in [2.75, 3.05) is 43.4 Å². The normalized spacial score (nSPS) is 15.4. The monoisotopic (exact) mass is 385 g/mol. The number of aryl methyl sites for hydroxylation is 1. The number of piperazine rings is 1. The van der Waals surface area contributed by atoms with Gasteiger partial charge >= 0.3 is 0 Å². The molecule has 150 valence electrons. The van der Waals surface area contributed by atoms with Crippen LogP contribution in [0.4, 0.5) is 15.8 Å². The molecule has 5 nitrogen and oxygen atoms in total. The standard InChI is InChI=1S/C22H28FN3O2/c1-16-15-18(7-10-20(16)26-13-11-25(4)12-14-26)24-21(27)22(2,3)28-19-8-5-17(23)6-9-19/h5-10,15H,11-14H2,1-4H3,(H,24,27). The summed E-state index contributed by atoms with van der Waals surface area (Å²) in [5.41, 5.74) is 1.96. The van der Waals surface area contributed by atoms with Gasteiger partial charge in [-0.1, -0.05) is 0 Å². The molecule has 1 fully saturated rings. The van der Waals surface area contributed by atoms with Crippen molar-refractivity contribution in [1.29, 1.82) is 0 Å². The molecule has 2 aromatic rings. The Balaban J connectivity index is 1.66. The Morgan fingerprint density at radius 2 is 1.71 bits per heavy atom. The summed E-state index contributed by atoms with van der Waals surface area (Å²) in [6.45, 7) is 9.54. The van der Waals surface area contributed by atoms with Gasteiger partial charge in [0.1, 0.15) is 11.6 Å². The van der Waals surface area contributed by atoms with Crippen molar-refractivity contribution in [3.63, 3.8) is 0 Å². The highest BCUT2D eigenvalue weighted by Gasteiger charge is 2.30. The predicted octanol–water partition coefficient (Wildman–Crippen LogP) is 3.68. The topological polar surface area (TPSA) is 44.8 Å². The highest BCUT2D eigenvalue weighted by Crippen LogP contribution is 2.26. The number of nitrogens with zero attached hydrogens (tertiary/aromatic N) is 2. The Morgan fingerprint density at radius 1 is 1.07 bits per heavy atom. The van der Waals surface area contributed by atoms with Crippen LogP contribution in [0.3, 0.4) is 0 Å². The average Bonchev–Trinajstić information content (AvgIpc) is 2.64. The zero-order valence-corrected chi connectivity index (χ0v) is 17.0. The molecule has 1 N–H and O–H groups in total. The van der Waals surface area contributed by atoms with Crippen molar-refractivity contribution in [1.82, 2.24) is 4.90 Å². The first-order valence-electron chi connectivity index (χ1n) is 9.55. The molecule has 0 radical (unpaired) electrons. The van der Waals surface area contributed by atoms with Crippen molar-refractivity contribution in [3.05, 3.63) is 53.8 Å². The highest BCUT2D eigenvalue weighted by molar-refractivity contribution is 5.97. The van der Waals surface area contributed by atoms with E-state index in [-0.39, 0.29) is 11.7 Å². The second-order valence-corrected chi connectivity index (χ2v) is 7.81. The van der Waals surface area contributed by atoms with E-state index in [4.69, 9.17) is 4.74 Å². The lowest BCUT2D eigenvalue weighted by atomic mass is 10.1. The maximum Gasteiger partial charge on any atom is 0.267 e. The van der Waals surface area contributed by atoms with E-state index in [9.17, 15) is 9.18 Å². The molecular weight excluding hydrogens is 357 g/mol. The molecule has 1 aliphatic rings. The minimum atomic E-state index is -1.10. The zero-order valence-electron chi connectivity index (χ0n) is 17.0. The summed E-state index contributed by atoms with van der Waals surface area (Å²) in [6, 6.07) is 11.6. The fourth-order valence-electron chi connectivity index (χ4n) is 3.26. The lowest BCUT2D eigenvalue weighted by Gasteiger charge is -2.35. The predicted molar refractivity (Wildman–Crippen MR) is 111 cm³/mol. The van der Waals surface area contributed by atoms with Crippen LogP contribution in [-0.2, 0) is 4.79 Å². The summed E-state index contributed by atoms with van der Waals surface area (Å²) in [7, 11) is 2.14. The number of halogens is 1. The molecule has 0 atom stereocenters. The molecule has 6 heteroatoms. The van der Waals surface area contributed by atoms with Gasteiger partial charge in [0, 0.05) is 37.6 Å². The number of benzene rings is 2. The number of rotatable bonds is 5. The van der Waals surface area contributed by atoms with Crippen LogP contribution in [-0.4, -0.2) is 49.6 Å². The van der Waals surface area contributed by atoms with Gasteiger partial charge < -0.3 is 19.9 Å². The number of ether oxygens (including phenoxy) is 1. The molecule has 1 saturated heterocycles. The molecule has 0 spiro atoms. The molecule has 2 aromatic carbocycles. The molecule has 1 amide bonds. The molecular formula is C22H28FN3O2. The molecule has 28 heavy (non-hydrogen) atoms. The van der Waals surface area contributed by atoms with Gasteiger partial charge in [-0.25, -0.2) is 4.39 Å². The molecule has 1 aliphatic heterocycles. The summed E-state index contributed by atoms with van der Waals surface area (Å²) >= 11 is 0. The van der Waals surface area contributed by atoms with Crippen molar-refractivity contribution in [3.8, 4) is 5.75 Å². The summed E-state index contributed by atoms with van der Waals surface area (Å²) in [6.07, 6.45) is 0. The first-order valence-corrected chi connectivity index (χ1v) is 9.55. The lowest BCUT2D eigenvalue weighted by Crippen LogP contribution is -2.44. The zero-order chi connectivity index (χ0) is 20.3. The first-order chi connectivity index (χ1) is 13.2. The van der Waals surface area contributed by atoms with Crippen molar-refractivity contribution in [2.45, 2.75) is 26.4 Å². The van der Waals surface area contributed by atoms with Gasteiger partial charge in [-0.05, 0) is 75.8 Å². The van der Waals surface area contributed by atoms with E-state index in [0.717, 1.165) is 37.4 Å². The Hall–Kier alpha value is -2.60. The van der Waals surface area contributed by atoms with Crippen molar-refractivity contribution >= 4 is 17.3 Å². The van der Waals surface area contributed by atoms with E-state index in [1.165, 1.54) is 30.0 Å². The van der Waals surface area contributed by atoms with Crippen LogP contribution < -0.4 is 15.0 Å². The Morgan fingerprint density at radius 3 is 2.32 bits per heavy atom. The molecule has 0 bridgehead atoms. The Kier molecular flexibility index (Phi) is 5.89. The average molecular weight is 385 g/mol. The van der Waals surface area contributed by atoms with Crippen LogP contribution in [0.1, 0.15) is 19.4 Å². The third-order valence-electron chi connectivity index (χ3n) is 5.03. The number of hydrogen-bond acceptors (Lipinski definition) is 4. The van der Waals surface area contributed by atoms with Gasteiger partial charge in [-0.3, -0.25) is 4.79 Å². The summed E-state index contributed by atoms with van der Waals surface area (Å²) in [4.78, 5) is 17.4. The second kappa shape index (κ2) is 8.19. The third kappa shape index (κ3) is 4.81. The SMILES string of the molecule is Cc1cc(NC(=O)C(C)(C)Oc2ccc(F)cc2)ccc1N1CCN(C)CC1. The fourth-order valence-corrected chi connectivity index (χ4v) is 3.26. The quantitative estimate of drug-likeness (QED) is 0.853. The molecule has 0 unspecified atom stereocenters. The number of likely N-dealkylation sites (N-methyl/N-ethyl adjacent to an activating group) is 1. The van der Waals surface area contributed by atoms with E-state index in [0.29, 0.717) is 5.75 Å². The molecule has 1 heterocycles. The molecule has 0 saturated carbocycles. The van der Waals surface area contributed by atoms with Crippen molar-refractivity contribution < 1.29 is 13.9 Å². The number of hydrogen-bond donors (Lipinski definition) is 1. The number of carbonyl (C=O) groups is 1. The van der Waals surface area contributed by atoms with Gasteiger partial charge in [0.15, 0.2) is 5.60 Å². The fraction of sp³-hybridized carbons (Fsp3) is 0.409. The minimum absolute atomic E-state index is 0.261.